The quantitative estimate of drug-likeness (QED) is 0.641. The summed E-state index contributed by atoms with van der Waals surface area (Å²) in [7, 11) is 0. The molecule has 0 aliphatic carbocycles. The van der Waals surface area contributed by atoms with Gasteiger partial charge >= 0.3 is 0 Å². The van der Waals surface area contributed by atoms with E-state index in [0.717, 1.165) is 12.2 Å². The zero-order chi connectivity index (χ0) is 13.8. The molecule has 100 valence electrons. The van der Waals surface area contributed by atoms with Gasteiger partial charge in [-0.25, -0.2) is 4.98 Å². The van der Waals surface area contributed by atoms with E-state index in [4.69, 9.17) is 0 Å². The fraction of sp³-hybridized carbons (Fsp3) is 0.600. The van der Waals surface area contributed by atoms with E-state index < -0.39 is 0 Å². The first-order valence-electron chi connectivity index (χ1n) is 6.42. The van der Waals surface area contributed by atoms with Crippen molar-refractivity contribution >= 4 is 12.0 Å². The summed E-state index contributed by atoms with van der Waals surface area (Å²) in [6, 6.07) is 4.06. The number of hydrazone groups is 1. The Morgan fingerprint density at radius 3 is 2.28 bits per heavy atom. The van der Waals surface area contributed by atoms with Crippen LogP contribution in [0.5, 0.6) is 0 Å². The van der Waals surface area contributed by atoms with E-state index in [1.807, 2.05) is 18.5 Å². The molecular formula is C15H25N3. The molecule has 1 heterocycles. The predicted molar refractivity (Wildman–Crippen MR) is 79.1 cm³/mol. The van der Waals surface area contributed by atoms with Crippen LogP contribution in [0, 0.1) is 5.41 Å². The predicted octanol–water partition coefficient (Wildman–Crippen LogP) is 4.21. The van der Waals surface area contributed by atoms with Crippen LogP contribution in [0.25, 0.3) is 0 Å². The minimum absolute atomic E-state index is 0.140. The Kier molecular flexibility index (Phi) is 4.49. The van der Waals surface area contributed by atoms with Crippen molar-refractivity contribution in [1.29, 1.82) is 0 Å². The Hall–Kier alpha value is -1.38. The summed E-state index contributed by atoms with van der Waals surface area (Å²) in [6.45, 7) is 13.1. The van der Waals surface area contributed by atoms with Crippen molar-refractivity contribution in [1.82, 2.24) is 4.98 Å². The molecule has 0 amide bonds. The van der Waals surface area contributed by atoms with Crippen LogP contribution in [-0.4, -0.2) is 11.2 Å². The molecule has 0 unspecified atom stereocenters. The molecule has 0 aliphatic rings. The molecule has 0 spiro atoms. The molecule has 3 nitrogen and oxygen atoms in total. The number of nitrogens with zero attached hydrogens (tertiary/aromatic N) is 2. The molecule has 1 aromatic rings. The lowest BCUT2D eigenvalue weighted by Crippen LogP contribution is -2.11. The molecule has 0 aliphatic heterocycles. The Labute approximate surface area is 111 Å². The zero-order valence-corrected chi connectivity index (χ0v) is 12.4. The standard InChI is InChI=1S/C15H25N3/c1-14(2,3)9-10-17-18-13-8-7-12(11-16-13)15(4,5)6/h7-8,10-11H,9H2,1-6H3,(H,16,18)/b17-10+. The first-order chi connectivity index (χ1) is 8.18. The molecule has 0 radical (unpaired) electrons. The topological polar surface area (TPSA) is 37.3 Å². The van der Waals surface area contributed by atoms with Gasteiger partial charge in [0, 0.05) is 12.4 Å². The monoisotopic (exact) mass is 247 g/mol. The Morgan fingerprint density at radius 2 is 1.83 bits per heavy atom. The molecule has 0 fully saturated rings. The van der Waals surface area contributed by atoms with E-state index in [1.165, 1.54) is 5.56 Å². The Morgan fingerprint density at radius 1 is 1.17 bits per heavy atom. The molecule has 3 heteroatoms. The van der Waals surface area contributed by atoms with Crippen molar-refractivity contribution in [2.75, 3.05) is 5.43 Å². The molecule has 0 bridgehead atoms. The van der Waals surface area contributed by atoms with E-state index in [-0.39, 0.29) is 10.8 Å². The van der Waals surface area contributed by atoms with E-state index in [0.29, 0.717) is 0 Å². The van der Waals surface area contributed by atoms with Crippen molar-refractivity contribution in [2.45, 2.75) is 53.4 Å². The zero-order valence-electron chi connectivity index (χ0n) is 12.4. The van der Waals surface area contributed by atoms with Gasteiger partial charge in [-0.1, -0.05) is 47.6 Å². The summed E-state index contributed by atoms with van der Waals surface area (Å²) in [4.78, 5) is 4.35. The fourth-order valence-electron chi connectivity index (χ4n) is 1.33. The van der Waals surface area contributed by atoms with Gasteiger partial charge in [-0.3, -0.25) is 5.43 Å². The average molecular weight is 247 g/mol. The lowest BCUT2D eigenvalue weighted by Gasteiger charge is -2.18. The fourth-order valence-corrected chi connectivity index (χ4v) is 1.33. The van der Waals surface area contributed by atoms with Crippen molar-refractivity contribution < 1.29 is 0 Å². The van der Waals surface area contributed by atoms with E-state index in [2.05, 4.69) is 63.1 Å². The maximum Gasteiger partial charge on any atom is 0.146 e. The summed E-state index contributed by atoms with van der Waals surface area (Å²) in [6.07, 6.45) is 4.75. The molecule has 1 aromatic heterocycles. The number of pyridine rings is 1. The number of aromatic nitrogens is 1. The van der Waals surface area contributed by atoms with Gasteiger partial charge in [0.05, 0.1) is 0 Å². The van der Waals surface area contributed by atoms with Gasteiger partial charge in [0.1, 0.15) is 5.82 Å². The molecule has 18 heavy (non-hydrogen) atoms. The summed E-state index contributed by atoms with van der Waals surface area (Å²) in [5, 5.41) is 4.18. The number of rotatable bonds is 3. The van der Waals surface area contributed by atoms with Crippen molar-refractivity contribution in [3.8, 4) is 0 Å². The lowest BCUT2D eigenvalue weighted by atomic mass is 9.88. The third kappa shape index (κ3) is 5.30. The summed E-state index contributed by atoms with van der Waals surface area (Å²) >= 11 is 0. The third-order valence-electron chi connectivity index (χ3n) is 2.60. The molecule has 0 saturated carbocycles. The smallest absolute Gasteiger partial charge is 0.146 e. The highest BCUT2D eigenvalue weighted by Crippen LogP contribution is 2.22. The van der Waals surface area contributed by atoms with E-state index >= 15 is 0 Å². The maximum absolute atomic E-state index is 4.35. The molecule has 0 atom stereocenters. The second-order valence-electron chi connectivity index (χ2n) is 6.87. The average Bonchev–Trinajstić information content (AvgIpc) is 2.22. The first kappa shape index (κ1) is 14.7. The Bertz CT molecular complexity index is 391. The highest BCUT2D eigenvalue weighted by Gasteiger charge is 2.13. The van der Waals surface area contributed by atoms with Crippen LogP contribution in [0.3, 0.4) is 0 Å². The van der Waals surface area contributed by atoms with Crippen LogP contribution in [-0.2, 0) is 5.41 Å². The van der Waals surface area contributed by atoms with Crippen LogP contribution < -0.4 is 5.43 Å². The molecule has 0 aromatic carbocycles. The van der Waals surface area contributed by atoms with Crippen LogP contribution >= 0.6 is 0 Å². The lowest BCUT2D eigenvalue weighted by molar-refractivity contribution is 0.437. The summed E-state index contributed by atoms with van der Waals surface area (Å²) in [5.74, 6) is 0.785. The van der Waals surface area contributed by atoms with Gasteiger partial charge in [-0.2, -0.15) is 5.10 Å². The molecule has 1 rings (SSSR count). The van der Waals surface area contributed by atoms with Gasteiger partial charge in [0.15, 0.2) is 0 Å². The van der Waals surface area contributed by atoms with Crippen LogP contribution in [0.1, 0.15) is 53.5 Å². The molecular weight excluding hydrogens is 222 g/mol. The van der Waals surface area contributed by atoms with Gasteiger partial charge in [0.25, 0.3) is 0 Å². The molecule has 1 N–H and O–H groups in total. The van der Waals surface area contributed by atoms with Gasteiger partial charge in [0.2, 0.25) is 0 Å². The number of hydrogen-bond donors (Lipinski definition) is 1. The van der Waals surface area contributed by atoms with Gasteiger partial charge in [-0.05, 0) is 28.9 Å². The van der Waals surface area contributed by atoms with Crippen molar-refractivity contribution in [2.24, 2.45) is 10.5 Å². The normalized spacial score (nSPS) is 13.0. The number of hydrogen-bond acceptors (Lipinski definition) is 3. The van der Waals surface area contributed by atoms with Crippen LogP contribution in [0.4, 0.5) is 5.82 Å². The second kappa shape index (κ2) is 5.51. The van der Waals surface area contributed by atoms with E-state index in [1.54, 1.807) is 0 Å². The van der Waals surface area contributed by atoms with Crippen LogP contribution in [0.2, 0.25) is 0 Å². The molecule has 0 saturated heterocycles. The second-order valence-corrected chi connectivity index (χ2v) is 6.87. The summed E-state index contributed by atoms with van der Waals surface area (Å²) in [5.41, 5.74) is 4.60. The highest BCUT2D eigenvalue weighted by atomic mass is 15.3. The third-order valence-corrected chi connectivity index (χ3v) is 2.60. The van der Waals surface area contributed by atoms with E-state index in [9.17, 15) is 0 Å². The van der Waals surface area contributed by atoms with Crippen molar-refractivity contribution in [3.63, 3.8) is 0 Å². The minimum atomic E-state index is 0.140. The van der Waals surface area contributed by atoms with Crippen LogP contribution in [0.15, 0.2) is 23.4 Å². The largest absolute Gasteiger partial charge is 0.262 e. The van der Waals surface area contributed by atoms with Crippen molar-refractivity contribution in [3.05, 3.63) is 23.9 Å². The highest BCUT2D eigenvalue weighted by molar-refractivity contribution is 5.59. The number of anilines is 1. The van der Waals surface area contributed by atoms with Gasteiger partial charge < -0.3 is 0 Å². The maximum atomic E-state index is 4.35. The first-order valence-corrected chi connectivity index (χ1v) is 6.42. The minimum Gasteiger partial charge on any atom is -0.262 e. The summed E-state index contributed by atoms with van der Waals surface area (Å²) < 4.78 is 0. The SMILES string of the molecule is CC(C)(C)C/C=N/Nc1ccc(C(C)(C)C)cn1. The number of nitrogens with one attached hydrogen (secondary N) is 1. The Balaban J connectivity index is 2.55. The van der Waals surface area contributed by atoms with Gasteiger partial charge in [-0.15, -0.1) is 0 Å².